The minimum Gasteiger partial charge on any atom is -0.378 e. The average Bonchev–Trinajstić information content (AvgIpc) is 2.36. The van der Waals surface area contributed by atoms with Gasteiger partial charge in [0.1, 0.15) is 4.64 Å². The minimum atomic E-state index is 0.408. The van der Waals surface area contributed by atoms with Gasteiger partial charge in [0, 0.05) is 19.5 Å². The predicted octanol–water partition coefficient (Wildman–Crippen LogP) is 2.81. The van der Waals surface area contributed by atoms with Crippen molar-refractivity contribution in [3.05, 3.63) is 32.8 Å². The van der Waals surface area contributed by atoms with E-state index < -0.39 is 0 Å². The molecule has 0 amide bonds. The van der Waals surface area contributed by atoms with Crippen molar-refractivity contribution in [3.8, 4) is 11.6 Å². The van der Waals surface area contributed by atoms with Crippen LogP contribution in [0.1, 0.15) is 11.3 Å². The average molecular weight is 327 g/mol. The summed E-state index contributed by atoms with van der Waals surface area (Å²) in [6.45, 7) is 2.34. The number of aromatic nitrogens is 4. The fraction of sp³-hybridized carbons (Fsp3) is 0.273. The Hall–Kier alpha value is -1.18. The molecular formula is C11H11BrN4OS. The zero-order valence-corrected chi connectivity index (χ0v) is 12.3. The second-order valence-electron chi connectivity index (χ2n) is 3.70. The number of H-pyrrole nitrogens is 1. The molecule has 18 heavy (non-hydrogen) atoms. The molecule has 0 atom stereocenters. The maximum absolute atomic E-state index is 5.18. The van der Waals surface area contributed by atoms with E-state index in [9.17, 15) is 0 Å². The van der Waals surface area contributed by atoms with E-state index in [1.807, 2.05) is 6.92 Å². The van der Waals surface area contributed by atoms with Crippen molar-refractivity contribution < 1.29 is 4.74 Å². The zero-order valence-electron chi connectivity index (χ0n) is 9.90. The number of hydrogen-bond donors (Lipinski definition) is 1. The zero-order chi connectivity index (χ0) is 13.1. The van der Waals surface area contributed by atoms with Gasteiger partial charge in [-0.05, 0) is 28.4 Å². The van der Waals surface area contributed by atoms with E-state index in [-0.39, 0.29) is 0 Å². The van der Waals surface area contributed by atoms with Crippen molar-refractivity contribution in [3.63, 3.8) is 0 Å². The van der Waals surface area contributed by atoms with Crippen LogP contribution in [0, 0.1) is 11.6 Å². The molecule has 0 saturated heterocycles. The molecule has 2 rings (SSSR count). The van der Waals surface area contributed by atoms with Gasteiger partial charge in [-0.1, -0.05) is 12.2 Å². The molecular weight excluding hydrogens is 316 g/mol. The van der Waals surface area contributed by atoms with E-state index in [0.29, 0.717) is 22.9 Å². The molecule has 0 aliphatic heterocycles. The van der Waals surface area contributed by atoms with Crippen molar-refractivity contribution >= 4 is 28.1 Å². The first kappa shape index (κ1) is 13.3. The van der Waals surface area contributed by atoms with Crippen LogP contribution in [-0.2, 0) is 11.3 Å². The third kappa shape index (κ3) is 2.80. The summed E-state index contributed by atoms with van der Waals surface area (Å²) < 4.78 is 6.29. The van der Waals surface area contributed by atoms with Crippen LogP contribution in [0.4, 0.5) is 0 Å². The van der Waals surface area contributed by atoms with Gasteiger partial charge in [-0.3, -0.25) is 0 Å². The molecule has 0 bridgehead atoms. The van der Waals surface area contributed by atoms with Crippen molar-refractivity contribution in [2.75, 3.05) is 7.11 Å². The highest BCUT2D eigenvalue weighted by atomic mass is 79.9. The van der Waals surface area contributed by atoms with Gasteiger partial charge in [0.25, 0.3) is 0 Å². The summed E-state index contributed by atoms with van der Waals surface area (Å²) in [5.74, 6) is 1.05. The Morgan fingerprint density at radius 1 is 1.39 bits per heavy atom. The quantitative estimate of drug-likeness (QED) is 0.878. The van der Waals surface area contributed by atoms with Gasteiger partial charge >= 0.3 is 0 Å². The molecule has 5 nitrogen and oxygen atoms in total. The number of hydrogen-bond acceptors (Lipinski definition) is 5. The summed E-state index contributed by atoms with van der Waals surface area (Å²) in [6.07, 6.45) is 3.47. The van der Waals surface area contributed by atoms with Gasteiger partial charge < -0.3 is 9.72 Å². The summed E-state index contributed by atoms with van der Waals surface area (Å²) in [5.41, 5.74) is 1.81. The number of nitrogens with one attached hydrogen (secondary N) is 1. The highest BCUT2D eigenvalue weighted by molar-refractivity contribution is 9.10. The lowest BCUT2D eigenvalue weighted by atomic mass is 10.3. The molecule has 0 saturated carbocycles. The van der Waals surface area contributed by atoms with Crippen molar-refractivity contribution in [2.24, 2.45) is 0 Å². The van der Waals surface area contributed by atoms with Gasteiger partial charge in [-0.2, -0.15) is 0 Å². The summed E-state index contributed by atoms with van der Waals surface area (Å²) in [4.78, 5) is 15.8. The van der Waals surface area contributed by atoms with E-state index in [1.54, 1.807) is 19.5 Å². The molecule has 0 aliphatic rings. The molecule has 0 fully saturated rings. The summed E-state index contributed by atoms with van der Waals surface area (Å²) >= 11 is 8.56. The van der Waals surface area contributed by atoms with E-state index >= 15 is 0 Å². The van der Waals surface area contributed by atoms with Crippen molar-refractivity contribution in [1.82, 2.24) is 19.9 Å². The number of rotatable bonds is 3. The van der Waals surface area contributed by atoms with Crippen LogP contribution in [0.15, 0.2) is 16.9 Å². The molecule has 0 unspecified atom stereocenters. The normalized spacial score (nSPS) is 10.6. The fourth-order valence-corrected chi connectivity index (χ4v) is 1.89. The topological polar surface area (TPSA) is 63.7 Å². The summed E-state index contributed by atoms with van der Waals surface area (Å²) in [7, 11) is 1.62. The van der Waals surface area contributed by atoms with Gasteiger partial charge in [0.05, 0.1) is 16.8 Å². The summed E-state index contributed by atoms with van der Waals surface area (Å²) in [5, 5.41) is 0. The first-order valence-electron chi connectivity index (χ1n) is 5.18. The minimum absolute atomic E-state index is 0.408. The van der Waals surface area contributed by atoms with Crippen molar-refractivity contribution in [2.45, 2.75) is 13.5 Å². The molecule has 2 aromatic rings. The fourth-order valence-electron chi connectivity index (χ4n) is 1.37. The van der Waals surface area contributed by atoms with Crippen LogP contribution in [0.2, 0.25) is 0 Å². The Morgan fingerprint density at radius 2 is 2.06 bits per heavy atom. The van der Waals surface area contributed by atoms with Crippen molar-refractivity contribution in [1.29, 1.82) is 0 Å². The van der Waals surface area contributed by atoms with Crippen LogP contribution in [-0.4, -0.2) is 27.0 Å². The van der Waals surface area contributed by atoms with Crippen LogP contribution in [0.5, 0.6) is 0 Å². The van der Waals surface area contributed by atoms with Crippen LogP contribution >= 0.6 is 28.1 Å². The van der Waals surface area contributed by atoms with Crippen LogP contribution in [0.3, 0.4) is 0 Å². The van der Waals surface area contributed by atoms with Crippen LogP contribution in [0.25, 0.3) is 11.6 Å². The SMILES string of the molecule is COCc1[nH]c(-c2ncc(C)cn2)nc(=S)c1Br. The number of ether oxygens (including phenoxy) is 1. The molecule has 0 radical (unpaired) electrons. The molecule has 2 aromatic heterocycles. The Balaban J connectivity index is 2.51. The first-order chi connectivity index (χ1) is 8.61. The molecule has 0 spiro atoms. The van der Waals surface area contributed by atoms with Gasteiger partial charge in [-0.15, -0.1) is 0 Å². The number of halogens is 1. The highest BCUT2D eigenvalue weighted by Gasteiger charge is 2.09. The maximum atomic E-state index is 5.18. The smallest absolute Gasteiger partial charge is 0.195 e. The lowest BCUT2D eigenvalue weighted by Crippen LogP contribution is -2.02. The van der Waals surface area contributed by atoms with E-state index in [4.69, 9.17) is 17.0 Å². The molecule has 0 aliphatic carbocycles. The van der Waals surface area contributed by atoms with Gasteiger partial charge in [-0.25, -0.2) is 15.0 Å². The summed E-state index contributed by atoms with van der Waals surface area (Å²) in [6, 6.07) is 0. The second-order valence-corrected chi connectivity index (χ2v) is 4.88. The second kappa shape index (κ2) is 5.64. The first-order valence-corrected chi connectivity index (χ1v) is 6.38. The standard InChI is InChI=1S/C11H11BrN4OS/c1-6-3-13-9(14-4-6)10-15-7(5-17-2)8(12)11(18)16-10/h3-4H,5H2,1-2H3,(H,15,16,18). The van der Waals surface area contributed by atoms with E-state index in [1.165, 1.54) is 0 Å². The number of aromatic amines is 1. The lowest BCUT2D eigenvalue weighted by molar-refractivity contribution is 0.181. The highest BCUT2D eigenvalue weighted by Crippen LogP contribution is 2.19. The molecule has 1 N–H and O–H groups in total. The maximum Gasteiger partial charge on any atom is 0.195 e. The molecule has 94 valence electrons. The third-order valence-corrected chi connectivity index (χ3v) is 3.63. The number of nitrogens with zero attached hydrogens (tertiary/aromatic N) is 3. The largest absolute Gasteiger partial charge is 0.378 e. The monoisotopic (exact) mass is 326 g/mol. The Bertz CT molecular complexity index is 611. The Morgan fingerprint density at radius 3 is 2.67 bits per heavy atom. The number of methoxy groups -OCH3 is 1. The predicted molar refractivity (Wildman–Crippen MR) is 73.6 cm³/mol. The number of aryl methyl sites for hydroxylation is 1. The Kier molecular flexibility index (Phi) is 4.15. The lowest BCUT2D eigenvalue weighted by Gasteiger charge is -2.06. The third-order valence-electron chi connectivity index (χ3n) is 2.22. The molecule has 7 heteroatoms. The Labute approximate surface area is 118 Å². The van der Waals surface area contributed by atoms with Gasteiger partial charge in [0.2, 0.25) is 0 Å². The van der Waals surface area contributed by atoms with Gasteiger partial charge in [0.15, 0.2) is 11.6 Å². The molecule has 0 aromatic carbocycles. The van der Waals surface area contributed by atoms with E-state index in [2.05, 4.69) is 35.9 Å². The van der Waals surface area contributed by atoms with E-state index in [0.717, 1.165) is 15.7 Å². The molecule has 2 heterocycles. The van der Waals surface area contributed by atoms with Crippen LogP contribution < -0.4 is 0 Å².